The Bertz CT molecular complexity index is 1010. The molecule has 0 radical (unpaired) electrons. The van der Waals surface area contributed by atoms with Crippen LogP contribution in [0.25, 0.3) is 5.57 Å². The van der Waals surface area contributed by atoms with Gasteiger partial charge in [-0.05, 0) is 37.6 Å². The van der Waals surface area contributed by atoms with Crippen molar-refractivity contribution in [2.45, 2.75) is 58.5 Å². The van der Waals surface area contributed by atoms with Gasteiger partial charge in [0.05, 0.1) is 17.9 Å². The van der Waals surface area contributed by atoms with E-state index >= 15 is 0 Å². The van der Waals surface area contributed by atoms with Crippen LogP contribution in [0, 0.1) is 0 Å². The number of hydrogen-bond donors (Lipinski definition) is 1. The molecule has 0 aliphatic heterocycles. The minimum atomic E-state index is -4.52. The van der Waals surface area contributed by atoms with Crippen LogP contribution in [0.1, 0.15) is 63.6 Å². The Morgan fingerprint density at radius 2 is 1.86 bits per heavy atom. The third-order valence-corrected chi connectivity index (χ3v) is 6.28. The largest absolute Gasteiger partial charge is 0.493 e. The smallest absolute Gasteiger partial charge is 0.420 e. The highest BCUT2D eigenvalue weighted by Gasteiger charge is 2.34. The predicted molar refractivity (Wildman–Crippen MR) is 141 cm³/mol. The molecule has 0 saturated carbocycles. The fraction of sp³-hybridized carbons (Fsp3) is 0.444. The zero-order chi connectivity index (χ0) is 25.8. The number of aromatic nitrogens is 1. The van der Waals surface area contributed by atoms with E-state index in [2.05, 4.69) is 23.8 Å². The maximum Gasteiger partial charge on any atom is 0.420 e. The second kappa shape index (κ2) is 14.0. The van der Waals surface area contributed by atoms with E-state index in [1.165, 1.54) is 23.8 Å². The zero-order valence-electron chi connectivity index (χ0n) is 21.0. The molecule has 2 aromatic rings. The van der Waals surface area contributed by atoms with Crippen molar-refractivity contribution in [2.24, 2.45) is 0 Å². The number of benzene rings is 1. The molecule has 1 N–H and O–H groups in total. The summed E-state index contributed by atoms with van der Waals surface area (Å²) in [6.45, 7) is 8.26. The van der Waals surface area contributed by atoms with Crippen molar-refractivity contribution >= 4 is 27.7 Å². The van der Waals surface area contributed by atoms with Crippen molar-refractivity contribution in [3.8, 4) is 5.75 Å². The molecular formula is C27H36F3N3OS. The number of unbranched alkanes of at least 4 members (excludes halogenated alkanes) is 5. The van der Waals surface area contributed by atoms with E-state index in [1.807, 2.05) is 43.5 Å². The van der Waals surface area contributed by atoms with Crippen LogP contribution in [0.4, 0.5) is 24.0 Å². The number of allylic oxidation sites excluding steroid dienone is 5. The normalized spacial score (nSPS) is 12.5. The number of nitrogens with zero attached hydrogens (tertiary/aromatic N) is 2. The van der Waals surface area contributed by atoms with Gasteiger partial charge in [-0.1, -0.05) is 57.8 Å². The molecule has 0 bridgehead atoms. The van der Waals surface area contributed by atoms with E-state index in [9.17, 15) is 13.2 Å². The highest BCUT2D eigenvalue weighted by Crippen LogP contribution is 2.39. The van der Waals surface area contributed by atoms with E-state index < -0.39 is 11.7 Å². The number of rotatable bonds is 14. The van der Waals surface area contributed by atoms with E-state index in [-0.39, 0.29) is 12.4 Å². The molecular weight excluding hydrogens is 471 g/mol. The topological polar surface area (TPSA) is 37.4 Å². The first-order valence-corrected chi connectivity index (χ1v) is 12.8. The Morgan fingerprint density at radius 3 is 2.51 bits per heavy atom. The molecule has 0 aliphatic carbocycles. The molecule has 0 atom stereocenters. The summed E-state index contributed by atoms with van der Waals surface area (Å²) in [4.78, 5) is 6.51. The lowest BCUT2D eigenvalue weighted by molar-refractivity contribution is -0.138. The lowest BCUT2D eigenvalue weighted by atomic mass is 10.1. The summed E-state index contributed by atoms with van der Waals surface area (Å²) in [5.74, 6) is -0.142. The van der Waals surface area contributed by atoms with E-state index in [0.29, 0.717) is 16.5 Å². The van der Waals surface area contributed by atoms with Crippen molar-refractivity contribution < 1.29 is 17.9 Å². The minimum absolute atomic E-state index is 0.142. The molecule has 0 spiro atoms. The SMILES string of the molecule is C=C/C(=C\C=C(/C)N(C)C)c1csc(Nc2ccc(OCCCCCCCC)c(C(F)(F)F)c2)n1. The predicted octanol–water partition coefficient (Wildman–Crippen LogP) is 8.68. The van der Waals surface area contributed by atoms with E-state index in [1.54, 1.807) is 12.1 Å². The Hall–Kier alpha value is -2.74. The molecule has 8 heteroatoms. The van der Waals surface area contributed by atoms with Crippen LogP contribution < -0.4 is 10.1 Å². The molecule has 0 saturated heterocycles. The van der Waals surface area contributed by atoms with Crippen LogP contribution in [-0.4, -0.2) is 30.6 Å². The van der Waals surface area contributed by atoms with Gasteiger partial charge in [0, 0.05) is 36.4 Å². The molecule has 1 heterocycles. The average Bonchev–Trinajstić information content (AvgIpc) is 3.26. The van der Waals surface area contributed by atoms with Gasteiger partial charge in [-0.2, -0.15) is 13.2 Å². The standard InChI is InChI=1S/C27H36F3N3OS/c1-6-8-9-10-11-12-17-34-25-16-15-22(18-23(25)27(28,29)30)31-26-32-24(19-35-26)21(7-2)14-13-20(3)33(4)5/h7,13-16,18-19H,2,6,8-12,17H2,1,3-5H3,(H,31,32)/b20-13+,21-14+. The second-order valence-corrected chi connectivity index (χ2v) is 9.37. The fourth-order valence-electron chi connectivity index (χ4n) is 3.22. The lowest BCUT2D eigenvalue weighted by Crippen LogP contribution is -2.10. The number of hydrogen-bond acceptors (Lipinski definition) is 5. The van der Waals surface area contributed by atoms with Gasteiger partial charge in [-0.25, -0.2) is 4.98 Å². The van der Waals surface area contributed by atoms with Gasteiger partial charge >= 0.3 is 6.18 Å². The highest BCUT2D eigenvalue weighted by molar-refractivity contribution is 7.13. The Kier molecular flexibility index (Phi) is 11.4. The number of alkyl halides is 3. The van der Waals surface area contributed by atoms with Gasteiger partial charge < -0.3 is 15.0 Å². The van der Waals surface area contributed by atoms with Gasteiger partial charge in [0.15, 0.2) is 5.13 Å². The third-order valence-electron chi connectivity index (χ3n) is 5.52. The average molecular weight is 508 g/mol. The maximum absolute atomic E-state index is 13.7. The summed E-state index contributed by atoms with van der Waals surface area (Å²) in [5.41, 5.74) is 2.10. The molecule has 35 heavy (non-hydrogen) atoms. The number of nitrogens with one attached hydrogen (secondary N) is 1. The van der Waals surface area contributed by atoms with Crippen LogP contribution in [0.15, 0.2) is 54.1 Å². The Morgan fingerprint density at radius 1 is 1.14 bits per heavy atom. The molecule has 192 valence electrons. The first-order valence-electron chi connectivity index (χ1n) is 11.9. The maximum atomic E-state index is 13.7. The zero-order valence-corrected chi connectivity index (χ0v) is 21.9. The lowest BCUT2D eigenvalue weighted by Gasteiger charge is -2.15. The van der Waals surface area contributed by atoms with Crippen molar-refractivity contribution in [3.05, 3.63) is 65.3 Å². The van der Waals surface area contributed by atoms with Crippen molar-refractivity contribution in [2.75, 3.05) is 26.0 Å². The molecule has 2 rings (SSSR count). The minimum Gasteiger partial charge on any atom is -0.493 e. The van der Waals surface area contributed by atoms with Crippen LogP contribution >= 0.6 is 11.3 Å². The van der Waals surface area contributed by atoms with Crippen molar-refractivity contribution in [3.63, 3.8) is 0 Å². The van der Waals surface area contributed by atoms with Gasteiger partial charge in [-0.3, -0.25) is 0 Å². The molecule has 0 unspecified atom stereocenters. The molecule has 0 aliphatic rings. The quantitative estimate of drug-likeness (QED) is 0.205. The Labute approximate surface area is 211 Å². The summed E-state index contributed by atoms with van der Waals surface area (Å²) in [6.07, 6.45) is 7.34. The summed E-state index contributed by atoms with van der Waals surface area (Å²) < 4.78 is 46.6. The van der Waals surface area contributed by atoms with E-state index in [0.717, 1.165) is 49.4 Å². The molecule has 0 amide bonds. The summed E-state index contributed by atoms with van der Waals surface area (Å²) >= 11 is 1.32. The number of ether oxygens (including phenoxy) is 1. The van der Waals surface area contributed by atoms with Crippen molar-refractivity contribution in [1.82, 2.24) is 9.88 Å². The number of anilines is 2. The fourth-order valence-corrected chi connectivity index (χ4v) is 3.96. The highest BCUT2D eigenvalue weighted by atomic mass is 32.1. The number of thiazole rings is 1. The third kappa shape index (κ3) is 9.43. The molecule has 0 fully saturated rings. The van der Waals surface area contributed by atoms with Gasteiger partial charge in [0.1, 0.15) is 5.75 Å². The number of halogens is 3. The summed E-state index contributed by atoms with van der Waals surface area (Å²) in [7, 11) is 3.91. The van der Waals surface area contributed by atoms with Crippen LogP contribution in [0.5, 0.6) is 5.75 Å². The first-order chi connectivity index (χ1) is 16.7. The van der Waals surface area contributed by atoms with E-state index in [4.69, 9.17) is 4.74 Å². The second-order valence-electron chi connectivity index (χ2n) is 8.52. The molecule has 4 nitrogen and oxygen atoms in total. The van der Waals surface area contributed by atoms with Crippen LogP contribution in [0.2, 0.25) is 0 Å². The summed E-state index contributed by atoms with van der Waals surface area (Å²) in [6, 6.07) is 4.03. The first kappa shape index (κ1) is 28.5. The molecule has 1 aromatic carbocycles. The van der Waals surface area contributed by atoms with Gasteiger partial charge in [0.2, 0.25) is 0 Å². The monoisotopic (exact) mass is 507 g/mol. The summed E-state index contributed by atoms with van der Waals surface area (Å²) in [5, 5.41) is 5.33. The van der Waals surface area contributed by atoms with Gasteiger partial charge in [0.25, 0.3) is 0 Å². The van der Waals surface area contributed by atoms with Gasteiger partial charge in [-0.15, -0.1) is 11.3 Å². The van der Waals surface area contributed by atoms with Crippen LogP contribution in [-0.2, 0) is 6.18 Å². The molecule has 1 aromatic heterocycles. The van der Waals surface area contributed by atoms with Crippen molar-refractivity contribution in [1.29, 1.82) is 0 Å². The van der Waals surface area contributed by atoms with Crippen LogP contribution in [0.3, 0.4) is 0 Å². The Balaban J connectivity index is 2.10.